The fourth-order valence-electron chi connectivity index (χ4n) is 1.87. The van der Waals surface area contributed by atoms with E-state index in [9.17, 15) is 9.59 Å². The summed E-state index contributed by atoms with van der Waals surface area (Å²) in [5.41, 5.74) is 2.86. The van der Waals surface area contributed by atoms with E-state index in [2.05, 4.69) is 5.32 Å². The average Bonchev–Trinajstić information content (AvgIpc) is 2.96. The number of carboxylic acids is 1. The van der Waals surface area contributed by atoms with Gasteiger partial charge < -0.3 is 10.4 Å². The first-order chi connectivity index (χ1) is 10.6. The second-order valence-electron chi connectivity index (χ2n) is 4.75. The fraction of sp³-hybridized carbons (Fsp3) is 0.250. The maximum absolute atomic E-state index is 11.9. The number of carbonyl (C=O) groups is 2. The number of benzene rings is 1. The SMILES string of the molecule is O=C(O)CCSCc1cccc(NC(=O)Cc2ccsc2)c1. The minimum Gasteiger partial charge on any atom is -0.481 e. The number of thioether (sulfide) groups is 1. The number of thiophene rings is 1. The highest BCUT2D eigenvalue weighted by Crippen LogP contribution is 2.17. The molecule has 4 nitrogen and oxygen atoms in total. The normalized spacial score (nSPS) is 10.4. The van der Waals surface area contributed by atoms with Crippen LogP contribution in [0.15, 0.2) is 41.1 Å². The van der Waals surface area contributed by atoms with Gasteiger partial charge in [-0.3, -0.25) is 9.59 Å². The molecule has 2 N–H and O–H groups in total. The molecule has 0 unspecified atom stereocenters. The first-order valence-electron chi connectivity index (χ1n) is 6.83. The number of hydrogen-bond donors (Lipinski definition) is 2. The first-order valence-corrected chi connectivity index (χ1v) is 8.92. The number of hydrogen-bond acceptors (Lipinski definition) is 4. The topological polar surface area (TPSA) is 66.4 Å². The van der Waals surface area contributed by atoms with E-state index in [4.69, 9.17) is 5.11 Å². The third kappa shape index (κ3) is 5.91. The molecule has 22 heavy (non-hydrogen) atoms. The molecule has 0 atom stereocenters. The molecule has 1 heterocycles. The Hall–Kier alpha value is -1.79. The number of rotatable bonds is 8. The Bertz CT molecular complexity index is 626. The van der Waals surface area contributed by atoms with E-state index in [1.807, 2.05) is 41.1 Å². The van der Waals surface area contributed by atoms with Crippen molar-refractivity contribution in [2.24, 2.45) is 0 Å². The molecule has 116 valence electrons. The van der Waals surface area contributed by atoms with E-state index in [0.717, 1.165) is 22.6 Å². The predicted molar refractivity (Wildman–Crippen MR) is 91.5 cm³/mol. The van der Waals surface area contributed by atoms with Gasteiger partial charge in [0.05, 0.1) is 12.8 Å². The van der Waals surface area contributed by atoms with Crippen molar-refractivity contribution in [2.45, 2.75) is 18.6 Å². The zero-order chi connectivity index (χ0) is 15.8. The van der Waals surface area contributed by atoms with E-state index in [-0.39, 0.29) is 12.3 Å². The maximum Gasteiger partial charge on any atom is 0.304 e. The van der Waals surface area contributed by atoms with Gasteiger partial charge in [-0.2, -0.15) is 23.1 Å². The highest BCUT2D eigenvalue weighted by Gasteiger charge is 2.05. The molecule has 0 saturated heterocycles. The van der Waals surface area contributed by atoms with Crippen LogP contribution in [0, 0.1) is 0 Å². The molecule has 1 aromatic heterocycles. The number of aliphatic carboxylic acids is 1. The third-order valence-corrected chi connectivity index (χ3v) is 4.65. The molecular formula is C16H17NO3S2. The summed E-state index contributed by atoms with van der Waals surface area (Å²) in [4.78, 5) is 22.4. The summed E-state index contributed by atoms with van der Waals surface area (Å²) in [6.45, 7) is 0. The van der Waals surface area contributed by atoms with Crippen molar-refractivity contribution in [1.82, 2.24) is 0 Å². The molecule has 2 aromatic rings. The number of amides is 1. The van der Waals surface area contributed by atoms with Gasteiger partial charge in [0.1, 0.15) is 0 Å². The Balaban J connectivity index is 1.82. The first kappa shape index (κ1) is 16.6. The number of anilines is 1. The van der Waals surface area contributed by atoms with Crippen molar-refractivity contribution in [3.05, 3.63) is 52.2 Å². The minimum atomic E-state index is -0.776. The van der Waals surface area contributed by atoms with Crippen molar-refractivity contribution in [3.8, 4) is 0 Å². The van der Waals surface area contributed by atoms with E-state index in [1.165, 1.54) is 0 Å². The molecule has 6 heteroatoms. The van der Waals surface area contributed by atoms with Gasteiger partial charge in [0.15, 0.2) is 0 Å². The van der Waals surface area contributed by atoms with Gasteiger partial charge in [0.2, 0.25) is 5.91 Å². The summed E-state index contributed by atoms with van der Waals surface area (Å²) in [6, 6.07) is 9.60. The van der Waals surface area contributed by atoms with Crippen molar-refractivity contribution < 1.29 is 14.7 Å². The van der Waals surface area contributed by atoms with Crippen LogP contribution >= 0.6 is 23.1 Å². The van der Waals surface area contributed by atoms with E-state index in [0.29, 0.717) is 12.2 Å². The Morgan fingerprint density at radius 3 is 2.82 bits per heavy atom. The lowest BCUT2D eigenvalue weighted by atomic mass is 10.2. The third-order valence-electron chi connectivity index (χ3n) is 2.88. The molecule has 0 aliphatic carbocycles. The average molecular weight is 335 g/mol. The zero-order valence-corrected chi connectivity index (χ0v) is 13.6. The van der Waals surface area contributed by atoms with E-state index >= 15 is 0 Å². The second kappa shape index (κ2) is 8.60. The van der Waals surface area contributed by atoms with Crippen LogP contribution in [0.25, 0.3) is 0 Å². The van der Waals surface area contributed by atoms with Gasteiger partial charge in [0, 0.05) is 17.2 Å². The molecule has 2 rings (SSSR count). The van der Waals surface area contributed by atoms with Crippen LogP contribution < -0.4 is 5.32 Å². The van der Waals surface area contributed by atoms with Gasteiger partial charge in [-0.25, -0.2) is 0 Å². The minimum absolute atomic E-state index is 0.0333. The zero-order valence-electron chi connectivity index (χ0n) is 12.0. The van der Waals surface area contributed by atoms with Gasteiger partial charge in [-0.05, 0) is 40.1 Å². The Morgan fingerprint density at radius 1 is 1.23 bits per heavy atom. The van der Waals surface area contributed by atoms with Gasteiger partial charge >= 0.3 is 5.97 Å². The lowest BCUT2D eigenvalue weighted by molar-refractivity contribution is -0.136. The van der Waals surface area contributed by atoms with Crippen LogP contribution in [0.2, 0.25) is 0 Å². The van der Waals surface area contributed by atoms with Crippen LogP contribution in [0.1, 0.15) is 17.5 Å². The second-order valence-corrected chi connectivity index (χ2v) is 6.64. The number of carboxylic acid groups (broad SMARTS) is 1. The maximum atomic E-state index is 11.9. The van der Waals surface area contributed by atoms with Gasteiger partial charge in [-0.15, -0.1) is 0 Å². The summed E-state index contributed by atoms with van der Waals surface area (Å²) in [5.74, 6) is 0.516. The fourth-order valence-corrected chi connectivity index (χ4v) is 3.42. The van der Waals surface area contributed by atoms with E-state index < -0.39 is 5.97 Å². The molecule has 0 aliphatic rings. The smallest absolute Gasteiger partial charge is 0.304 e. The molecule has 1 aromatic carbocycles. The summed E-state index contributed by atoms with van der Waals surface area (Å²) in [5, 5.41) is 15.4. The number of carbonyl (C=O) groups excluding carboxylic acids is 1. The van der Waals surface area contributed by atoms with Crippen LogP contribution in [0.3, 0.4) is 0 Å². The lowest BCUT2D eigenvalue weighted by Crippen LogP contribution is -2.14. The number of nitrogens with one attached hydrogen (secondary N) is 1. The van der Waals surface area contributed by atoms with Crippen LogP contribution in [0.4, 0.5) is 5.69 Å². The van der Waals surface area contributed by atoms with Crippen LogP contribution in [-0.4, -0.2) is 22.7 Å². The predicted octanol–water partition coefficient (Wildman–Crippen LogP) is 3.64. The van der Waals surface area contributed by atoms with Crippen molar-refractivity contribution in [3.63, 3.8) is 0 Å². The molecule has 0 fully saturated rings. The Kier molecular flexibility index (Phi) is 6.48. The quantitative estimate of drug-likeness (QED) is 0.723. The summed E-state index contributed by atoms with van der Waals surface area (Å²) < 4.78 is 0. The lowest BCUT2D eigenvalue weighted by Gasteiger charge is -2.07. The molecule has 0 aliphatic heterocycles. The molecular weight excluding hydrogens is 318 g/mol. The summed E-state index contributed by atoms with van der Waals surface area (Å²) in [6.07, 6.45) is 0.544. The van der Waals surface area contributed by atoms with Crippen LogP contribution in [-0.2, 0) is 21.8 Å². The van der Waals surface area contributed by atoms with Crippen molar-refractivity contribution >= 4 is 40.7 Å². The largest absolute Gasteiger partial charge is 0.481 e. The summed E-state index contributed by atoms with van der Waals surface area (Å²) in [7, 11) is 0. The molecule has 0 bridgehead atoms. The molecule has 0 radical (unpaired) electrons. The highest BCUT2D eigenvalue weighted by molar-refractivity contribution is 7.98. The molecule has 1 amide bonds. The van der Waals surface area contributed by atoms with E-state index in [1.54, 1.807) is 23.1 Å². The molecule has 0 spiro atoms. The Morgan fingerprint density at radius 2 is 2.09 bits per heavy atom. The highest BCUT2D eigenvalue weighted by atomic mass is 32.2. The Labute approximate surface area is 137 Å². The van der Waals surface area contributed by atoms with Gasteiger partial charge in [-0.1, -0.05) is 12.1 Å². The standard InChI is InChI=1S/C16H17NO3S2/c18-15(9-13-4-6-21-11-13)17-14-3-1-2-12(8-14)10-22-7-5-16(19)20/h1-4,6,8,11H,5,7,9-10H2,(H,17,18)(H,19,20). The van der Waals surface area contributed by atoms with Crippen molar-refractivity contribution in [1.29, 1.82) is 0 Å². The summed E-state index contributed by atoms with van der Waals surface area (Å²) >= 11 is 3.15. The van der Waals surface area contributed by atoms with Gasteiger partial charge in [0.25, 0.3) is 0 Å². The van der Waals surface area contributed by atoms with Crippen LogP contribution in [0.5, 0.6) is 0 Å². The molecule has 0 saturated carbocycles. The van der Waals surface area contributed by atoms with Crippen molar-refractivity contribution in [2.75, 3.05) is 11.1 Å². The monoisotopic (exact) mass is 335 g/mol.